The number of hydrogen-bond donors (Lipinski definition) is 2. The van der Waals surface area contributed by atoms with Crippen molar-refractivity contribution >= 4 is 5.96 Å². The molecule has 7 nitrogen and oxygen atoms in total. The van der Waals surface area contributed by atoms with E-state index in [2.05, 4.69) is 66.5 Å². The van der Waals surface area contributed by atoms with Crippen molar-refractivity contribution in [2.24, 2.45) is 4.99 Å². The van der Waals surface area contributed by atoms with E-state index in [-0.39, 0.29) is 6.04 Å². The number of hydrogen-bond acceptors (Lipinski definition) is 4. The highest BCUT2D eigenvalue weighted by atomic mass is 16.5. The molecule has 0 aliphatic carbocycles. The molecule has 174 valence electrons. The number of aliphatic imine (C=N–C) groups is 1. The first kappa shape index (κ1) is 22.9. The molecule has 2 aromatic carbocycles. The van der Waals surface area contributed by atoms with E-state index in [0.29, 0.717) is 6.54 Å². The van der Waals surface area contributed by atoms with Gasteiger partial charge in [-0.25, -0.2) is 4.98 Å². The number of para-hydroxylation sites is 1. The summed E-state index contributed by atoms with van der Waals surface area (Å²) in [4.78, 5) is 11.1. The van der Waals surface area contributed by atoms with Gasteiger partial charge in [-0.05, 0) is 43.1 Å². The minimum Gasteiger partial charge on any atom is -0.496 e. The summed E-state index contributed by atoms with van der Waals surface area (Å²) < 4.78 is 7.74. The summed E-state index contributed by atoms with van der Waals surface area (Å²) >= 11 is 0. The maximum atomic E-state index is 5.67. The van der Waals surface area contributed by atoms with E-state index in [1.54, 1.807) is 7.11 Å². The van der Waals surface area contributed by atoms with Gasteiger partial charge < -0.3 is 19.9 Å². The van der Waals surface area contributed by atoms with Gasteiger partial charge in [0.1, 0.15) is 5.75 Å². The summed E-state index contributed by atoms with van der Waals surface area (Å²) in [7, 11) is 3.56. The van der Waals surface area contributed by atoms with Gasteiger partial charge in [-0.2, -0.15) is 0 Å². The second-order valence-corrected chi connectivity index (χ2v) is 8.36. The first-order valence-corrected chi connectivity index (χ1v) is 11.6. The van der Waals surface area contributed by atoms with Crippen LogP contribution >= 0.6 is 0 Å². The molecule has 1 fully saturated rings. The number of likely N-dealkylation sites (tertiary alicyclic amines) is 1. The van der Waals surface area contributed by atoms with Crippen LogP contribution in [0.25, 0.3) is 0 Å². The minimum absolute atomic E-state index is 0.237. The number of nitrogens with one attached hydrogen (secondary N) is 2. The van der Waals surface area contributed by atoms with E-state index in [9.17, 15) is 0 Å². The third kappa shape index (κ3) is 6.14. The van der Waals surface area contributed by atoms with Crippen LogP contribution in [0.4, 0.5) is 0 Å². The Balaban J connectivity index is 1.38. The number of methoxy groups -OCH3 is 1. The SMILES string of the molecule is CN=C(NCc1cccc(Cn2ccnc2)c1)NCC(c1ccccc1OC)N1CCCC1. The molecule has 2 heterocycles. The molecule has 1 saturated heterocycles. The van der Waals surface area contributed by atoms with Crippen molar-refractivity contribution in [2.45, 2.75) is 32.0 Å². The fourth-order valence-electron chi connectivity index (χ4n) is 4.46. The number of benzene rings is 2. The van der Waals surface area contributed by atoms with Crippen molar-refractivity contribution in [3.8, 4) is 5.75 Å². The maximum absolute atomic E-state index is 5.67. The lowest BCUT2D eigenvalue weighted by atomic mass is 10.0. The standard InChI is InChI=1S/C26H34N6O/c1-27-26(29-17-21-8-7-9-22(16-21)19-31-15-12-28-20-31)30-18-24(32-13-5-6-14-32)23-10-3-4-11-25(23)33-2/h3-4,7-12,15-16,20,24H,5-6,13-14,17-19H2,1-2H3,(H2,27,29,30). The monoisotopic (exact) mass is 446 g/mol. The Morgan fingerprint density at radius 2 is 1.91 bits per heavy atom. The molecule has 33 heavy (non-hydrogen) atoms. The van der Waals surface area contributed by atoms with E-state index in [1.165, 1.54) is 29.5 Å². The number of guanidine groups is 1. The second-order valence-electron chi connectivity index (χ2n) is 8.36. The van der Waals surface area contributed by atoms with Crippen LogP contribution in [0, 0.1) is 0 Å². The minimum atomic E-state index is 0.237. The zero-order valence-electron chi connectivity index (χ0n) is 19.6. The molecular weight excluding hydrogens is 412 g/mol. The van der Waals surface area contributed by atoms with Crippen molar-refractivity contribution in [1.29, 1.82) is 0 Å². The van der Waals surface area contributed by atoms with Gasteiger partial charge >= 0.3 is 0 Å². The van der Waals surface area contributed by atoms with E-state index in [4.69, 9.17) is 4.74 Å². The Hall–Kier alpha value is -3.32. The van der Waals surface area contributed by atoms with E-state index in [0.717, 1.165) is 37.9 Å². The molecule has 0 saturated carbocycles. The van der Waals surface area contributed by atoms with Crippen LogP contribution in [0.5, 0.6) is 5.75 Å². The lowest BCUT2D eigenvalue weighted by Gasteiger charge is -2.30. The molecule has 0 bridgehead atoms. The molecule has 0 amide bonds. The zero-order chi connectivity index (χ0) is 22.9. The van der Waals surface area contributed by atoms with E-state index >= 15 is 0 Å². The third-order valence-electron chi connectivity index (χ3n) is 6.14. The zero-order valence-corrected chi connectivity index (χ0v) is 19.6. The van der Waals surface area contributed by atoms with Gasteiger partial charge in [0.05, 0.1) is 19.5 Å². The van der Waals surface area contributed by atoms with Crippen LogP contribution in [0.15, 0.2) is 72.2 Å². The van der Waals surface area contributed by atoms with Crippen molar-refractivity contribution < 1.29 is 4.74 Å². The summed E-state index contributed by atoms with van der Waals surface area (Å²) in [5.74, 6) is 1.74. The highest BCUT2D eigenvalue weighted by Crippen LogP contribution is 2.31. The first-order chi connectivity index (χ1) is 16.3. The van der Waals surface area contributed by atoms with Crippen LogP contribution in [-0.4, -0.2) is 54.2 Å². The summed E-state index contributed by atoms with van der Waals surface area (Å²) in [6, 6.07) is 17.2. The summed E-state index contributed by atoms with van der Waals surface area (Å²) in [5.41, 5.74) is 3.69. The van der Waals surface area contributed by atoms with Gasteiger partial charge in [-0.3, -0.25) is 9.89 Å². The van der Waals surface area contributed by atoms with Crippen molar-refractivity contribution in [3.63, 3.8) is 0 Å². The number of imidazole rings is 1. The Morgan fingerprint density at radius 3 is 2.67 bits per heavy atom. The normalized spacial score (nSPS) is 15.4. The van der Waals surface area contributed by atoms with E-state index < -0.39 is 0 Å². The Labute approximate surface area is 196 Å². The fourth-order valence-corrected chi connectivity index (χ4v) is 4.46. The highest BCUT2D eigenvalue weighted by molar-refractivity contribution is 5.79. The Morgan fingerprint density at radius 1 is 1.09 bits per heavy atom. The molecule has 3 aromatic rings. The number of nitrogens with zero attached hydrogens (tertiary/aromatic N) is 4. The number of rotatable bonds is 9. The summed E-state index contributed by atoms with van der Waals surface area (Å²) in [6.07, 6.45) is 8.12. The van der Waals surface area contributed by atoms with Crippen molar-refractivity contribution in [1.82, 2.24) is 25.1 Å². The molecule has 1 unspecified atom stereocenters. The highest BCUT2D eigenvalue weighted by Gasteiger charge is 2.26. The molecule has 1 aliphatic heterocycles. The molecule has 0 spiro atoms. The number of ether oxygens (including phenoxy) is 1. The molecule has 1 aliphatic rings. The predicted molar refractivity (Wildman–Crippen MR) is 133 cm³/mol. The molecule has 1 aromatic heterocycles. The van der Waals surface area contributed by atoms with Crippen LogP contribution in [0.3, 0.4) is 0 Å². The smallest absolute Gasteiger partial charge is 0.191 e. The van der Waals surface area contributed by atoms with Crippen LogP contribution in [0.2, 0.25) is 0 Å². The first-order valence-electron chi connectivity index (χ1n) is 11.6. The fraction of sp³-hybridized carbons (Fsp3) is 0.385. The lowest BCUT2D eigenvalue weighted by molar-refractivity contribution is 0.239. The van der Waals surface area contributed by atoms with Gasteiger partial charge in [-0.1, -0.05) is 42.5 Å². The second kappa shape index (κ2) is 11.5. The average molecular weight is 447 g/mol. The largest absolute Gasteiger partial charge is 0.496 e. The topological polar surface area (TPSA) is 66.7 Å². The third-order valence-corrected chi connectivity index (χ3v) is 6.14. The summed E-state index contributed by atoms with van der Waals surface area (Å²) in [5, 5.41) is 7.01. The Bertz CT molecular complexity index is 1030. The van der Waals surface area contributed by atoms with Crippen LogP contribution in [-0.2, 0) is 13.1 Å². The van der Waals surface area contributed by atoms with Crippen LogP contribution in [0.1, 0.15) is 35.6 Å². The van der Waals surface area contributed by atoms with Crippen molar-refractivity contribution in [2.75, 3.05) is 33.8 Å². The van der Waals surface area contributed by atoms with Gasteiger partial charge in [0.15, 0.2) is 5.96 Å². The Kier molecular flexibility index (Phi) is 7.98. The molecule has 7 heteroatoms. The molecule has 1 atom stereocenters. The number of aromatic nitrogens is 2. The van der Waals surface area contributed by atoms with E-state index in [1.807, 2.05) is 37.9 Å². The predicted octanol–water partition coefficient (Wildman–Crippen LogP) is 3.44. The van der Waals surface area contributed by atoms with Gasteiger partial charge in [0.25, 0.3) is 0 Å². The molecule has 2 N–H and O–H groups in total. The van der Waals surface area contributed by atoms with Gasteiger partial charge in [0, 0.05) is 44.6 Å². The maximum Gasteiger partial charge on any atom is 0.191 e. The van der Waals surface area contributed by atoms with Crippen LogP contribution < -0.4 is 15.4 Å². The van der Waals surface area contributed by atoms with Gasteiger partial charge in [0.2, 0.25) is 0 Å². The lowest BCUT2D eigenvalue weighted by Crippen LogP contribution is -2.42. The average Bonchev–Trinajstić information content (AvgIpc) is 3.56. The molecular formula is C26H34N6O. The quantitative estimate of drug-likeness (QED) is 0.389. The van der Waals surface area contributed by atoms with Crippen molar-refractivity contribution in [3.05, 3.63) is 83.9 Å². The molecule has 0 radical (unpaired) electrons. The van der Waals surface area contributed by atoms with Gasteiger partial charge in [-0.15, -0.1) is 0 Å². The summed E-state index contributed by atoms with van der Waals surface area (Å²) in [6.45, 7) is 4.51. The molecule has 4 rings (SSSR count).